The summed E-state index contributed by atoms with van der Waals surface area (Å²) in [5, 5.41) is 13.8. The average molecular weight is 393 g/mol. The molecule has 1 aliphatic rings. The van der Waals surface area contributed by atoms with Gasteiger partial charge in [-0.2, -0.15) is 0 Å². The number of fused-ring (bicyclic) bond motifs is 1. The highest BCUT2D eigenvalue weighted by Crippen LogP contribution is 2.40. The predicted octanol–water partition coefficient (Wildman–Crippen LogP) is 3.79. The third-order valence-electron chi connectivity index (χ3n) is 6.12. The van der Waals surface area contributed by atoms with Gasteiger partial charge < -0.3 is 9.64 Å². The van der Waals surface area contributed by atoms with Crippen LogP contribution in [0, 0.1) is 5.92 Å². The number of aromatic nitrogens is 4. The van der Waals surface area contributed by atoms with Gasteiger partial charge in [0.1, 0.15) is 18.1 Å². The summed E-state index contributed by atoms with van der Waals surface area (Å²) in [6.45, 7) is 4.92. The quantitative estimate of drug-likeness (QED) is 0.637. The molecular weight excluding hydrogens is 366 g/mol. The summed E-state index contributed by atoms with van der Waals surface area (Å²) < 4.78 is 7.16. The van der Waals surface area contributed by atoms with Crippen LogP contribution in [0.5, 0.6) is 5.75 Å². The Labute approximate surface area is 170 Å². The largest absolute Gasteiger partial charge is 0.496 e. The van der Waals surface area contributed by atoms with Crippen molar-refractivity contribution >= 4 is 16.7 Å². The maximum Gasteiger partial charge on any atom is 0.248 e. The van der Waals surface area contributed by atoms with E-state index in [0.29, 0.717) is 0 Å². The zero-order chi connectivity index (χ0) is 20.4. The van der Waals surface area contributed by atoms with E-state index in [0.717, 1.165) is 42.3 Å². The van der Waals surface area contributed by atoms with E-state index in [1.54, 1.807) is 18.1 Å². The van der Waals surface area contributed by atoms with Gasteiger partial charge >= 0.3 is 0 Å². The number of benzene rings is 2. The van der Waals surface area contributed by atoms with Crippen molar-refractivity contribution in [1.82, 2.24) is 25.1 Å². The van der Waals surface area contributed by atoms with Crippen LogP contribution in [0.3, 0.4) is 0 Å². The Hall–Kier alpha value is -2.96. The molecule has 3 unspecified atom stereocenters. The molecule has 0 aliphatic carbocycles. The first-order valence-corrected chi connectivity index (χ1v) is 10.2. The molecular formula is C22H27N5O2. The molecule has 2 heterocycles. The molecule has 2 aromatic carbocycles. The monoisotopic (exact) mass is 393 g/mol. The number of nitrogens with zero attached hydrogens (tertiary/aromatic N) is 5. The van der Waals surface area contributed by atoms with E-state index in [4.69, 9.17) is 4.74 Å². The summed E-state index contributed by atoms with van der Waals surface area (Å²) >= 11 is 0. The number of carbonyl (C=O) groups excluding carboxylic acids is 1. The van der Waals surface area contributed by atoms with Gasteiger partial charge in [-0.1, -0.05) is 50.6 Å². The molecule has 3 aromatic rings. The Morgan fingerprint density at radius 2 is 2.03 bits per heavy atom. The van der Waals surface area contributed by atoms with Gasteiger partial charge in [0.2, 0.25) is 5.91 Å². The average Bonchev–Trinajstić information content (AvgIpc) is 3.45. The van der Waals surface area contributed by atoms with E-state index >= 15 is 0 Å². The first-order valence-electron chi connectivity index (χ1n) is 10.2. The maximum absolute atomic E-state index is 13.7. The van der Waals surface area contributed by atoms with E-state index in [1.807, 2.05) is 23.1 Å². The van der Waals surface area contributed by atoms with Crippen molar-refractivity contribution in [3.05, 3.63) is 48.3 Å². The summed E-state index contributed by atoms with van der Waals surface area (Å²) in [7, 11) is 1.69. The Morgan fingerprint density at radius 1 is 1.24 bits per heavy atom. The molecule has 4 rings (SSSR count). The van der Waals surface area contributed by atoms with Crippen molar-refractivity contribution in [2.45, 2.75) is 45.2 Å². The molecule has 3 atom stereocenters. The van der Waals surface area contributed by atoms with Crippen LogP contribution in [0.15, 0.2) is 42.7 Å². The second-order valence-electron chi connectivity index (χ2n) is 7.71. The van der Waals surface area contributed by atoms with Gasteiger partial charge in [0.15, 0.2) is 0 Å². The van der Waals surface area contributed by atoms with Crippen molar-refractivity contribution in [3.8, 4) is 5.75 Å². The van der Waals surface area contributed by atoms with Crippen LogP contribution in [0.4, 0.5) is 0 Å². The number of ether oxygens (including phenoxy) is 1. The van der Waals surface area contributed by atoms with Gasteiger partial charge in [-0.15, -0.1) is 5.10 Å². The Morgan fingerprint density at radius 3 is 2.72 bits per heavy atom. The molecule has 152 valence electrons. The second kappa shape index (κ2) is 8.19. The number of hydrogen-bond acceptors (Lipinski definition) is 5. The minimum Gasteiger partial charge on any atom is -0.496 e. The summed E-state index contributed by atoms with van der Waals surface area (Å²) in [5.41, 5.74) is 1.17. The second-order valence-corrected chi connectivity index (χ2v) is 7.71. The molecule has 1 aliphatic heterocycles. The van der Waals surface area contributed by atoms with Gasteiger partial charge in [0.05, 0.1) is 13.2 Å². The van der Waals surface area contributed by atoms with Gasteiger partial charge in [0, 0.05) is 11.9 Å². The summed E-state index contributed by atoms with van der Waals surface area (Å²) in [6, 6.07) is 12.0. The van der Waals surface area contributed by atoms with Gasteiger partial charge in [-0.05, 0) is 46.2 Å². The van der Waals surface area contributed by atoms with Gasteiger partial charge in [-0.3, -0.25) is 4.79 Å². The molecule has 7 nitrogen and oxygen atoms in total. The molecule has 0 bridgehead atoms. The fourth-order valence-corrected chi connectivity index (χ4v) is 4.42. The molecule has 1 amide bonds. The van der Waals surface area contributed by atoms with Crippen molar-refractivity contribution in [1.29, 1.82) is 0 Å². The molecule has 0 saturated carbocycles. The molecule has 29 heavy (non-hydrogen) atoms. The lowest BCUT2D eigenvalue weighted by atomic mass is 9.94. The van der Waals surface area contributed by atoms with E-state index in [-0.39, 0.29) is 23.9 Å². The standard InChI is InChI=1S/C22H27N5O2/c1-4-15(2)21(27-14-23-24-25-27)22(28)26-13-7-10-19(26)17-11-12-20(29-3)18-9-6-5-8-16(17)18/h5-6,8-9,11-12,14-15,19,21H,4,7,10,13H2,1-3H3. The highest BCUT2D eigenvalue weighted by Gasteiger charge is 2.38. The third-order valence-corrected chi connectivity index (χ3v) is 6.12. The number of amides is 1. The van der Waals surface area contributed by atoms with Crippen LogP contribution in [0.1, 0.15) is 50.8 Å². The SMILES string of the molecule is CCC(C)C(C(=O)N1CCCC1c1ccc(OC)c2ccccc12)n1cnnn1. The van der Waals surface area contributed by atoms with E-state index < -0.39 is 0 Å². The zero-order valence-electron chi connectivity index (χ0n) is 17.2. The highest BCUT2D eigenvalue weighted by molar-refractivity contribution is 5.92. The Kier molecular flexibility index (Phi) is 5.47. The number of hydrogen-bond donors (Lipinski definition) is 0. The van der Waals surface area contributed by atoms with Crippen LogP contribution >= 0.6 is 0 Å². The van der Waals surface area contributed by atoms with E-state index in [1.165, 1.54) is 5.56 Å². The van der Waals surface area contributed by atoms with Crippen LogP contribution in [0.25, 0.3) is 10.8 Å². The van der Waals surface area contributed by atoms with Crippen molar-refractivity contribution in [2.75, 3.05) is 13.7 Å². The van der Waals surface area contributed by atoms with Crippen LogP contribution in [0.2, 0.25) is 0 Å². The summed E-state index contributed by atoms with van der Waals surface area (Å²) in [4.78, 5) is 15.7. The van der Waals surface area contributed by atoms with Crippen molar-refractivity contribution in [3.63, 3.8) is 0 Å². The Balaban J connectivity index is 1.73. The zero-order valence-corrected chi connectivity index (χ0v) is 17.2. The highest BCUT2D eigenvalue weighted by atomic mass is 16.5. The lowest BCUT2D eigenvalue weighted by Gasteiger charge is -2.32. The molecule has 0 spiro atoms. The van der Waals surface area contributed by atoms with Crippen LogP contribution < -0.4 is 4.74 Å². The van der Waals surface area contributed by atoms with Crippen LogP contribution in [-0.4, -0.2) is 44.7 Å². The number of carbonyl (C=O) groups is 1. The molecule has 0 radical (unpaired) electrons. The molecule has 0 N–H and O–H groups in total. The summed E-state index contributed by atoms with van der Waals surface area (Å²) in [5.74, 6) is 1.08. The fraction of sp³-hybridized carbons (Fsp3) is 0.455. The third kappa shape index (κ3) is 3.45. The molecule has 1 saturated heterocycles. The van der Waals surface area contributed by atoms with E-state index in [9.17, 15) is 4.79 Å². The van der Waals surface area contributed by atoms with Crippen molar-refractivity contribution in [2.24, 2.45) is 5.92 Å². The number of rotatable bonds is 6. The Bertz CT molecular complexity index is 988. The predicted molar refractivity (Wildman–Crippen MR) is 110 cm³/mol. The minimum atomic E-state index is -0.389. The lowest BCUT2D eigenvalue weighted by molar-refractivity contribution is -0.137. The lowest BCUT2D eigenvalue weighted by Crippen LogP contribution is -2.39. The van der Waals surface area contributed by atoms with E-state index in [2.05, 4.69) is 47.6 Å². The molecule has 1 aromatic heterocycles. The smallest absolute Gasteiger partial charge is 0.248 e. The molecule has 7 heteroatoms. The number of methoxy groups -OCH3 is 1. The van der Waals surface area contributed by atoms with Gasteiger partial charge in [0.25, 0.3) is 0 Å². The van der Waals surface area contributed by atoms with Crippen LogP contribution in [-0.2, 0) is 4.79 Å². The number of tetrazole rings is 1. The minimum absolute atomic E-state index is 0.0429. The fourth-order valence-electron chi connectivity index (χ4n) is 4.42. The first-order chi connectivity index (χ1) is 14.2. The molecule has 1 fully saturated rings. The summed E-state index contributed by atoms with van der Waals surface area (Å²) in [6.07, 6.45) is 4.35. The first kappa shape index (κ1) is 19.4. The van der Waals surface area contributed by atoms with Gasteiger partial charge in [-0.25, -0.2) is 4.68 Å². The normalized spacial score (nSPS) is 18.7. The maximum atomic E-state index is 13.7. The van der Waals surface area contributed by atoms with Crippen molar-refractivity contribution < 1.29 is 9.53 Å². The number of likely N-dealkylation sites (tertiary alicyclic amines) is 1. The topological polar surface area (TPSA) is 73.1 Å².